The summed E-state index contributed by atoms with van der Waals surface area (Å²) in [6.07, 6.45) is 0. The average molecular weight is 279 g/mol. The zero-order chi connectivity index (χ0) is 13.4. The van der Waals surface area contributed by atoms with Gasteiger partial charge in [0.1, 0.15) is 10.8 Å². The van der Waals surface area contributed by atoms with Crippen LogP contribution in [0.15, 0.2) is 18.2 Å². The van der Waals surface area contributed by atoms with Gasteiger partial charge in [-0.15, -0.1) is 11.3 Å². The summed E-state index contributed by atoms with van der Waals surface area (Å²) >= 11 is 1.59. The Morgan fingerprint density at radius 2 is 2.11 bits per heavy atom. The highest BCUT2D eigenvalue weighted by molar-refractivity contribution is 7.18. The van der Waals surface area contributed by atoms with Crippen LogP contribution in [0.2, 0.25) is 0 Å². The maximum Gasteiger partial charge on any atom is 0.124 e. The Morgan fingerprint density at radius 3 is 2.84 bits per heavy atom. The molecule has 1 N–H and O–H groups in total. The molecule has 102 valence electrons. The van der Waals surface area contributed by atoms with Crippen molar-refractivity contribution in [3.05, 3.63) is 29.0 Å². The van der Waals surface area contributed by atoms with Gasteiger partial charge in [-0.1, -0.05) is 0 Å². The molecule has 0 saturated carbocycles. The minimum absolute atomic E-state index is 0.188. The lowest BCUT2D eigenvalue weighted by Gasteiger charge is -2.35. The van der Waals surface area contributed by atoms with E-state index in [9.17, 15) is 4.39 Å². The Labute approximate surface area is 116 Å². The quantitative estimate of drug-likeness (QED) is 0.916. The molecule has 2 aromatic rings. The molecule has 1 aliphatic rings. The molecule has 2 unspecified atom stereocenters. The molecule has 0 spiro atoms. The molecular weight excluding hydrogens is 261 g/mol. The topological polar surface area (TPSA) is 28.2 Å². The van der Waals surface area contributed by atoms with Gasteiger partial charge in [0.25, 0.3) is 0 Å². The molecule has 1 saturated heterocycles. The van der Waals surface area contributed by atoms with E-state index in [0.29, 0.717) is 12.1 Å². The molecule has 1 aromatic heterocycles. The summed E-state index contributed by atoms with van der Waals surface area (Å²) in [7, 11) is 0. The summed E-state index contributed by atoms with van der Waals surface area (Å²) in [5.41, 5.74) is 0.901. The average Bonchev–Trinajstić information content (AvgIpc) is 2.68. The first-order valence-corrected chi connectivity index (χ1v) is 7.45. The zero-order valence-corrected chi connectivity index (χ0v) is 12.0. The van der Waals surface area contributed by atoms with Crippen molar-refractivity contribution in [2.75, 3.05) is 13.1 Å². The highest BCUT2D eigenvalue weighted by atomic mass is 32.1. The number of halogens is 1. The van der Waals surface area contributed by atoms with Crippen molar-refractivity contribution in [3.8, 4) is 0 Å². The van der Waals surface area contributed by atoms with Crippen molar-refractivity contribution in [3.63, 3.8) is 0 Å². The summed E-state index contributed by atoms with van der Waals surface area (Å²) in [6, 6.07) is 5.82. The van der Waals surface area contributed by atoms with Crippen LogP contribution in [0, 0.1) is 5.82 Å². The molecule has 0 radical (unpaired) electrons. The molecule has 1 aromatic carbocycles. The zero-order valence-electron chi connectivity index (χ0n) is 11.2. The van der Waals surface area contributed by atoms with E-state index in [0.717, 1.165) is 34.9 Å². The second kappa shape index (κ2) is 5.15. The van der Waals surface area contributed by atoms with Gasteiger partial charge in [-0.3, -0.25) is 4.90 Å². The molecular formula is C14H18FN3S. The van der Waals surface area contributed by atoms with Crippen LogP contribution in [0.5, 0.6) is 0 Å². The molecule has 0 bridgehead atoms. The van der Waals surface area contributed by atoms with Crippen LogP contribution in [0.4, 0.5) is 4.39 Å². The van der Waals surface area contributed by atoms with E-state index >= 15 is 0 Å². The molecule has 5 heteroatoms. The van der Waals surface area contributed by atoms with E-state index in [1.807, 2.05) is 0 Å². The fourth-order valence-electron chi connectivity index (χ4n) is 2.77. The summed E-state index contributed by atoms with van der Waals surface area (Å²) in [4.78, 5) is 7.00. The van der Waals surface area contributed by atoms with Crippen molar-refractivity contribution in [2.45, 2.75) is 32.5 Å². The normalized spacial score (nSPS) is 25.0. The van der Waals surface area contributed by atoms with E-state index in [1.165, 1.54) is 6.07 Å². The first-order valence-electron chi connectivity index (χ1n) is 6.63. The number of thiazole rings is 1. The molecule has 0 aliphatic carbocycles. The van der Waals surface area contributed by atoms with E-state index in [1.54, 1.807) is 23.5 Å². The van der Waals surface area contributed by atoms with Crippen LogP contribution in [0.25, 0.3) is 10.2 Å². The van der Waals surface area contributed by atoms with Crippen molar-refractivity contribution in [1.29, 1.82) is 0 Å². The number of piperazine rings is 1. The fraction of sp³-hybridized carbons (Fsp3) is 0.500. The summed E-state index contributed by atoms with van der Waals surface area (Å²) in [5.74, 6) is -0.188. The van der Waals surface area contributed by atoms with Crippen LogP contribution >= 0.6 is 11.3 Å². The van der Waals surface area contributed by atoms with Gasteiger partial charge in [-0.05, 0) is 32.0 Å². The van der Waals surface area contributed by atoms with Gasteiger partial charge in [0.05, 0.1) is 16.8 Å². The third kappa shape index (κ3) is 2.94. The monoisotopic (exact) mass is 279 g/mol. The maximum absolute atomic E-state index is 13.2. The smallest absolute Gasteiger partial charge is 0.124 e. The number of rotatable bonds is 2. The SMILES string of the molecule is CC1CN(Cc2nc3ccc(F)cc3s2)CC(C)N1. The predicted molar refractivity (Wildman–Crippen MR) is 76.9 cm³/mol. The lowest BCUT2D eigenvalue weighted by molar-refractivity contribution is 0.166. The third-order valence-corrected chi connectivity index (χ3v) is 4.39. The lowest BCUT2D eigenvalue weighted by atomic mass is 10.1. The van der Waals surface area contributed by atoms with Crippen LogP contribution in [-0.2, 0) is 6.54 Å². The fourth-order valence-corrected chi connectivity index (χ4v) is 3.81. The van der Waals surface area contributed by atoms with Crippen LogP contribution < -0.4 is 5.32 Å². The summed E-state index contributed by atoms with van der Waals surface area (Å²) < 4.78 is 14.1. The van der Waals surface area contributed by atoms with Gasteiger partial charge in [-0.25, -0.2) is 9.37 Å². The van der Waals surface area contributed by atoms with Crippen LogP contribution in [-0.4, -0.2) is 35.1 Å². The highest BCUT2D eigenvalue weighted by Crippen LogP contribution is 2.24. The molecule has 3 nitrogen and oxygen atoms in total. The molecule has 1 aliphatic heterocycles. The molecule has 1 fully saturated rings. The second-order valence-corrected chi connectivity index (χ2v) is 6.50. The van der Waals surface area contributed by atoms with Gasteiger partial charge in [0.2, 0.25) is 0 Å². The Hall–Kier alpha value is -1.04. The Balaban J connectivity index is 1.77. The minimum atomic E-state index is -0.188. The molecule has 2 atom stereocenters. The van der Waals surface area contributed by atoms with E-state index < -0.39 is 0 Å². The number of benzene rings is 1. The van der Waals surface area contributed by atoms with E-state index in [-0.39, 0.29) is 5.82 Å². The molecule has 2 heterocycles. The molecule has 0 amide bonds. The molecule has 19 heavy (non-hydrogen) atoms. The Kier molecular flexibility index (Phi) is 3.52. The number of aromatic nitrogens is 1. The van der Waals surface area contributed by atoms with Crippen molar-refractivity contribution in [1.82, 2.24) is 15.2 Å². The summed E-state index contributed by atoms with van der Waals surface area (Å²) in [5, 5.41) is 4.59. The van der Waals surface area contributed by atoms with Gasteiger partial charge < -0.3 is 5.32 Å². The summed E-state index contributed by atoms with van der Waals surface area (Å²) in [6.45, 7) is 7.34. The van der Waals surface area contributed by atoms with Crippen molar-refractivity contribution in [2.24, 2.45) is 0 Å². The molecule has 3 rings (SSSR count). The minimum Gasteiger partial charge on any atom is -0.309 e. The second-order valence-electron chi connectivity index (χ2n) is 5.38. The Bertz CT molecular complexity index is 573. The van der Waals surface area contributed by atoms with Gasteiger partial charge in [0.15, 0.2) is 0 Å². The van der Waals surface area contributed by atoms with Gasteiger partial charge >= 0.3 is 0 Å². The first kappa shape index (κ1) is 13.0. The largest absolute Gasteiger partial charge is 0.309 e. The Morgan fingerprint density at radius 1 is 1.37 bits per heavy atom. The number of hydrogen-bond donors (Lipinski definition) is 1. The standard InChI is InChI=1S/C14H18FN3S/c1-9-6-18(7-10(2)16-9)8-14-17-12-4-3-11(15)5-13(12)19-14/h3-5,9-10,16H,6-8H2,1-2H3. The number of hydrogen-bond acceptors (Lipinski definition) is 4. The van der Waals surface area contributed by atoms with Crippen molar-refractivity contribution >= 4 is 21.6 Å². The lowest BCUT2D eigenvalue weighted by Crippen LogP contribution is -2.53. The highest BCUT2D eigenvalue weighted by Gasteiger charge is 2.21. The van der Waals surface area contributed by atoms with E-state index in [2.05, 4.69) is 29.0 Å². The van der Waals surface area contributed by atoms with Gasteiger partial charge in [-0.2, -0.15) is 0 Å². The number of fused-ring (bicyclic) bond motifs is 1. The van der Waals surface area contributed by atoms with Gasteiger partial charge in [0, 0.05) is 25.2 Å². The van der Waals surface area contributed by atoms with Crippen LogP contribution in [0.3, 0.4) is 0 Å². The third-order valence-electron chi connectivity index (χ3n) is 3.39. The predicted octanol–water partition coefficient (Wildman–Crippen LogP) is 2.62. The number of nitrogens with one attached hydrogen (secondary N) is 1. The first-order chi connectivity index (χ1) is 9.10. The van der Waals surface area contributed by atoms with E-state index in [4.69, 9.17) is 0 Å². The van der Waals surface area contributed by atoms with Crippen molar-refractivity contribution < 1.29 is 4.39 Å². The maximum atomic E-state index is 13.2. The van der Waals surface area contributed by atoms with Crippen LogP contribution in [0.1, 0.15) is 18.9 Å². The number of nitrogens with zero attached hydrogens (tertiary/aromatic N) is 2.